The van der Waals surface area contributed by atoms with Crippen molar-refractivity contribution in [3.63, 3.8) is 0 Å². The molecule has 1 aliphatic carbocycles. The van der Waals surface area contributed by atoms with Crippen LogP contribution >= 0.6 is 0 Å². The Morgan fingerprint density at radius 1 is 1.26 bits per heavy atom. The molecule has 0 amide bonds. The van der Waals surface area contributed by atoms with Gasteiger partial charge in [-0.05, 0) is 37.3 Å². The van der Waals surface area contributed by atoms with E-state index in [1.54, 1.807) is 0 Å². The highest BCUT2D eigenvalue weighted by molar-refractivity contribution is 5.33. The van der Waals surface area contributed by atoms with Gasteiger partial charge in [-0.2, -0.15) is 5.10 Å². The molecule has 0 bridgehead atoms. The summed E-state index contributed by atoms with van der Waals surface area (Å²) < 4.78 is 1.94. The molecule has 2 N–H and O–H groups in total. The minimum atomic E-state index is 0.236. The molecule has 0 saturated heterocycles. The van der Waals surface area contributed by atoms with E-state index in [4.69, 9.17) is 5.73 Å². The Morgan fingerprint density at radius 2 is 2.00 bits per heavy atom. The Labute approximate surface area is 114 Å². The van der Waals surface area contributed by atoms with E-state index in [1.807, 2.05) is 17.9 Å². The Balaban J connectivity index is 1.68. The predicted molar refractivity (Wildman–Crippen MR) is 76.9 cm³/mol. The largest absolute Gasteiger partial charge is 0.327 e. The van der Waals surface area contributed by atoms with E-state index < -0.39 is 0 Å². The number of aryl methyl sites for hydroxylation is 2. The van der Waals surface area contributed by atoms with Crippen molar-refractivity contribution in [2.75, 3.05) is 0 Å². The number of nitrogens with two attached hydrogens (primary N) is 1. The summed E-state index contributed by atoms with van der Waals surface area (Å²) in [5, 5.41) is 4.21. The molecule has 0 spiro atoms. The summed E-state index contributed by atoms with van der Waals surface area (Å²) in [6.07, 6.45) is 6.33. The number of nitrogens with zero attached hydrogens (tertiary/aromatic N) is 2. The van der Waals surface area contributed by atoms with Crippen LogP contribution in [0, 0.1) is 0 Å². The maximum Gasteiger partial charge on any atom is 0.0492 e. The molecule has 19 heavy (non-hydrogen) atoms. The molecule has 1 unspecified atom stereocenters. The summed E-state index contributed by atoms with van der Waals surface area (Å²) >= 11 is 0. The second kappa shape index (κ2) is 4.82. The molecule has 0 aliphatic heterocycles. The standard InChI is InChI=1S/C16H21N3/c1-19-14(9-12-18-19)7-8-15(17)16(10-11-16)13-5-3-2-4-6-13/h2-6,9,12,15H,7-8,10-11,17H2,1H3. The molecule has 1 aromatic carbocycles. The fourth-order valence-electron chi connectivity index (χ4n) is 3.00. The van der Waals surface area contributed by atoms with Crippen LogP contribution in [-0.4, -0.2) is 15.8 Å². The number of benzene rings is 1. The van der Waals surface area contributed by atoms with E-state index in [9.17, 15) is 0 Å². The van der Waals surface area contributed by atoms with Gasteiger partial charge in [-0.1, -0.05) is 30.3 Å². The average Bonchev–Trinajstić information content (AvgIpc) is 3.16. The van der Waals surface area contributed by atoms with Gasteiger partial charge in [0.15, 0.2) is 0 Å². The zero-order valence-electron chi connectivity index (χ0n) is 11.4. The highest BCUT2D eigenvalue weighted by atomic mass is 15.2. The zero-order chi connectivity index (χ0) is 13.3. The van der Waals surface area contributed by atoms with Gasteiger partial charge in [-0.15, -0.1) is 0 Å². The first kappa shape index (κ1) is 12.4. The summed E-state index contributed by atoms with van der Waals surface area (Å²) in [4.78, 5) is 0. The van der Waals surface area contributed by atoms with Crippen molar-refractivity contribution in [2.24, 2.45) is 12.8 Å². The van der Waals surface area contributed by atoms with Gasteiger partial charge in [0.25, 0.3) is 0 Å². The summed E-state index contributed by atoms with van der Waals surface area (Å²) in [5.74, 6) is 0. The first-order valence-electron chi connectivity index (χ1n) is 7.00. The molecule has 1 atom stereocenters. The third kappa shape index (κ3) is 2.30. The quantitative estimate of drug-likeness (QED) is 0.891. The van der Waals surface area contributed by atoms with Crippen molar-refractivity contribution >= 4 is 0 Å². The summed E-state index contributed by atoms with van der Waals surface area (Å²) in [7, 11) is 1.99. The van der Waals surface area contributed by atoms with Crippen molar-refractivity contribution in [1.29, 1.82) is 0 Å². The fourth-order valence-corrected chi connectivity index (χ4v) is 3.00. The molecule has 2 aromatic rings. The maximum absolute atomic E-state index is 6.48. The monoisotopic (exact) mass is 255 g/mol. The Bertz CT molecular complexity index is 540. The Hall–Kier alpha value is -1.61. The van der Waals surface area contributed by atoms with Crippen LogP contribution in [0.3, 0.4) is 0 Å². The number of hydrogen-bond donors (Lipinski definition) is 1. The van der Waals surface area contributed by atoms with Crippen molar-refractivity contribution in [1.82, 2.24) is 9.78 Å². The van der Waals surface area contributed by atoms with E-state index >= 15 is 0 Å². The highest BCUT2D eigenvalue weighted by Gasteiger charge is 2.48. The Kier molecular flexibility index (Phi) is 3.15. The van der Waals surface area contributed by atoms with Crippen LogP contribution in [0.25, 0.3) is 0 Å². The normalized spacial score (nSPS) is 18.2. The minimum absolute atomic E-state index is 0.236. The van der Waals surface area contributed by atoms with Crippen molar-refractivity contribution in [3.8, 4) is 0 Å². The average molecular weight is 255 g/mol. The van der Waals surface area contributed by atoms with Gasteiger partial charge < -0.3 is 5.73 Å². The maximum atomic E-state index is 6.48. The predicted octanol–water partition coefficient (Wildman–Crippen LogP) is 2.41. The number of hydrogen-bond acceptors (Lipinski definition) is 2. The highest BCUT2D eigenvalue weighted by Crippen LogP contribution is 2.51. The second-order valence-electron chi connectivity index (χ2n) is 5.61. The Morgan fingerprint density at radius 3 is 2.58 bits per heavy atom. The lowest BCUT2D eigenvalue weighted by molar-refractivity contribution is 0.478. The van der Waals surface area contributed by atoms with Gasteiger partial charge in [0.1, 0.15) is 0 Å². The van der Waals surface area contributed by atoms with Crippen LogP contribution in [0.2, 0.25) is 0 Å². The summed E-state index contributed by atoms with van der Waals surface area (Å²) in [6.45, 7) is 0. The van der Waals surface area contributed by atoms with Crippen molar-refractivity contribution in [3.05, 3.63) is 53.9 Å². The van der Waals surface area contributed by atoms with Gasteiger partial charge in [0, 0.05) is 30.4 Å². The molecular weight excluding hydrogens is 234 g/mol. The van der Waals surface area contributed by atoms with Gasteiger partial charge in [0.2, 0.25) is 0 Å². The molecule has 0 radical (unpaired) electrons. The smallest absolute Gasteiger partial charge is 0.0492 e. The molecule has 1 aromatic heterocycles. The van der Waals surface area contributed by atoms with E-state index in [1.165, 1.54) is 24.1 Å². The number of aromatic nitrogens is 2. The van der Waals surface area contributed by atoms with Crippen LogP contribution in [0.1, 0.15) is 30.5 Å². The van der Waals surface area contributed by atoms with Gasteiger partial charge in [-0.25, -0.2) is 0 Å². The first-order valence-corrected chi connectivity index (χ1v) is 7.00. The van der Waals surface area contributed by atoms with Crippen LogP contribution in [0.4, 0.5) is 0 Å². The van der Waals surface area contributed by atoms with Gasteiger partial charge in [0.05, 0.1) is 0 Å². The van der Waals surface area contributed by atoms with Crippen LogP contribution < -0.4 is 5.73 Å². The van der Waals surface area contributed by atoms with E-state index in [-0.39, 0.29) is 11.5 Å². The van der Waals surface area contributed by atoms with Gasteiger partial charge in [-0.3, -0.25) is 4.68 Å². The summed E-state index contributed by atoms with van der Waals surface area (Å²) in [5.41, 5.74) is 9.39. The fraction of sp³-hybridized carbons (Fsp3) is 0.438. The first-order chi connectivity index (χ1) is 9.22. The summed E-state index contributed by atoms with van der Waals surface area (Å²) in [6, 6.07) is 13.1. The third-order valence-electron chi connectivity index (χ3n) is 4.48. The van der Waals surface area contributed by atoms with Crippen LogP contribution in [0.15, 0.2) is 42.6 Å². The number of rotatable bonds is 5. The van der Waals surface area contributed by atoms with Gasteiger partial charge >= 0.3 is 0 Å². The lowest BCUT2D eigenvalue weighted by Gasteiger charge is -2.24. The van der Waals surface area contributed by atoms with E-state index in [0.717, 1.165) is 12.8 Å². The molecule has 1 heterocycles. The third-order valence-corrected chi connectivity index (χ3v) is 4.48. The lowest BCUT2D eigenvalue weighted by Crippen LogP contribution is -2.35. The van der Waals surface area contributed by atoms with Crippen LogP contribution in [-0.2, 0) is 18.9 Å². The molecule has 3 heteroatoms. The molecule has 100 valence electrons. The molecule has 1 aliphatic rings. The lowest BCUT2D eigenvalue weighted by atomic mass is 9.86. The van der Waals surface area contributed by atoms with E-state index in [0.29, 0.717) is 0 Å². The SMILES string of the molecule is Cn1nccc1CCC(N)C1(c2ccccc2)CC1. The van der Waals surface area contributed by atoms with E-state index in [2.05, 4.69) is 41.5 Å². The molecule has 3 rings (SSSR count). The van der Waals surface area contributed by atoms with Crippen molar-refractivity contribution < 1.29 is 0 Å². The second-order valence-corrected chi connectivity index (χ2v) is 5.61. The van der Waals surface area contributed by atoms with Crippen LogP contribution in [0.5, 0.6) is 0 Å². The molecule has 1 fully saturated rings. The molecule has 3 nitrogen and oxygen atoms in total. The molecular formula is C16H21N3. The minimum Gasteiger partial charge on any atom is -0.327 e. The van der Waals surface area contributed by atoms with Crippen molar-refractivity contribution in [2.45, 2.75) is 37.1 Å². The topological polar surface area (TPSA) is 43.8 Å². The molecule has 1 saturated carbocycles. The zero-order valence-corrected chi connectivity index (χ0v) is 11.4.